The SMILES string of the molecule is CC(C)C(=Cc1ccc(-c2ccc(F)cc2)o1)CN. The van der Waals surface area contributed by atoms with E-state index in [1.165, 1.54) is 12.1 Å². The fourth-order valence-electron chi connectivity index (χ4n) is 1.84. The average molecular weight is 259 g/mol. The Hall–Kier alpha value is -1.87. The first-order chi connectivity index (χ1) is 9.10. The largest absolute Gasteiger partial charge is 0.457 e. The Kier molecular flexibility index (Phi) is 4.17. The molecule has 0 bridgehead atoms. The van der Waals surface area contributed by atoms with E-state index in [2.05, 4.69) is 13.8 Å². The van der Waals surface area contributed by atoms with Crippen LogP contribution in [0.15, 0.2) is 46.4 Å². The van der Waals surface area contributed by atoms with Gasteiger partial charge in [0.1, 0.15) is 17.3 Å². The molecule has 0 atom stereocenters. The van der Waals surface area contributed by atoms with Gasteiger partial charge in [-0.25, -0.2) is 4.39 Å². The summed E-state index contributed by atoms with van der Waals surface area (Å²) in [6.07, 6.45) is 1.97. The molecule has 0 saturated heterocycles. The van der Waals surface area contributed by atoms with E-state index in [-0.39, 0.29) is 5.82 Å². The number of benzene rings is 1. The lowest BCUT2D eigenvalue weighted by molar-refractivity contribution is 0.569. The normalized spacial score (nSPS) is 12.2. The zero-order valence-corrected chi connectivity index (χ0v) is 11.2. The van der Waals surface area contributed by atoms with Crippen molar-refractivity contribution in [1.82, 2.24) is 0 Å². The first kappa shape index (κ1) is 13.6. The summed E-state index contributed by atoms with van der Waals surface area (Å²) in [6.45, 7) is 4.72. The minimum atomic E-state index is -0.249. The van der Waals surface area contributed by atoms with Crippen LogP contribution in [-0.4, -0.2) is 6.54 Å². The maximum absolute atomic E-state index is 12.9. The van der Waals surface area contributed by atoms with Crippen molar-refractivity contribution >= 4 is 6.08 Å². The zero-order valence-electron chi connectivity index (χ0n) is 11.2. The van der Waals surface area contributed by atoms with Crippen LogP contribution in [0.2, 0.25) is 0 Å². The molecular formula is C16H18FNO. The lowest BCUT2D eigenvalue weighted by Gasteiger charge is -2.07. The molecule has 0 aliphatic rings. The van der Waals surface area contributed by atoms with E-state index in [0.29, 0.717) is 12.5 Å². The molecule has 1 aromatic heterocycles. The van der Waals surface area contributed by atoms with Crippen molar-refractivity contribution < 1.29 is 8.81 Å². The Morgan fingerprint density at radius 1 is 1.21 bits per heavy atom. The van der Waals surface area contributed by atoms with Gasteiger partial charge in [-0.1, -0.05) is 19.4 Å². The van der Waals surface area contributed by atoms with Gasteiger partial charge in [-0.05, 0) is 48.4 Å². The summed E-state index contributed by atoms with van der Waals surface area (Å²) in [4.78, 5) is 0. The van der Waals surface area contributed by atoms with Crippen LogP contribution in [0, 0.1) is 11.7 Å². The van der Waals surface area contributed by atoms with Gasteiger partial charge in [0, 0.05) is 12.1 Å². The Labute approximate surface area is 112 Å². The Bertz CT molecular complexity index is 567. The van der Waals surface area contributed by atoms with Gasteiger partial charge in [-0.2, -0.15) is 0 Å². The summed E-state index contributed by atoms with van der Waals surface area (Å²) in [6, 6.07) is 10.0. The van der Waals surface area contributed by atoms with Gasteiger partial charge in [0.15, 0.2) is 0 Å². The van der Waals surface area contributed by atoms with Crippen LogP contribution in [0.25, 0.3) is 17.4 Å². The van der Waals surface area contributed by atoms with Crippen LogP contribution in [0.1, 0.15) is 19.6 Å². The molecular weight excluding hydrogens is 241 g/mol. The predicted molar refractivity (Wildman–Crippen MR) is 76.0 cm³/mol. The molecule has 1 aromatic carbocycles. The third kappa shape index (κ3) is 3.32. The summed E-state index contributed by atoms with van der Waals surface area (Å²) >= 11 is 0. The van der Waals surface area contributed by atoms with Gasteiger partial charge in [-0.15, -0.1) is 0 Å². The summed E-state index contributed by atoms with van der Waals surface area (Å²) in [5, 5.41) is 0. The van der Waals surface area contributed by atoms with Crippen LogP contribution in [0.3, 0.4) is 0 Å². The van der Waals surface area contributed by atoms with Gasteiger partial charge in [0.2, 0.25) is 0 Å². The summed E-state index contributed by atoms with van der Waals surface area (Å²) < 4.78 is 18.6. The number of furan rings is 1. The van der Waals surface area contributed by atoms with Crippen LogP contribution in [0.5, 0.6) is 0 Å². The minimum Gasteiger partial charge on any atom is -0.457 e. The second kappa shape index (κ2) is 5.85. The van der Waals surface area contributed by atoms with E-state index in [0.717, 1.165) is 22.7 Å². The van der Waals surface area contributed by atoms with E-state index >= 15 is 0 Å². The fraction of sp³-hybridized carbons (Fsp3) is 0.250. The highest BCUT2D eigenvalue weighted by atomic mass is 19.1. The molecule has 0 unspecified atom stereocenters. The molecule has 0 aliphatic carbocycles. The van der Waals surface area contributed by atoms with E-state index in [4.69, 9.17) is 10.2 Å². The van der Waals surface area contributed by atoms with Crippen LogP contribution < -0.4 is 5.73 Å². The van der Waals surface area contributed by atoms with E-state index in [1.54, 1.807) is 12.1 Å². The third-order valence-electron chi connectivity index (χ3n) is 3.06. The van der Waals surface area contributed by atoms with E-state index < -0.39 is 0 Å². The standard InChI is InChI=1S/C16H18FNO/c1-11(2)13(10-18)9-15-7-8-16(19-15)12-3-5-14(17)6-4-12/h3-9,11H,10,18H2,1-2H3. The second-order valence-electron chi connectivity index (χ2n) is 4.79. The number of rotatable bonds is 4. The van der Waals surface area contributed by atoms with Gasteiger partial charge >= 0.3 is 0 Å². The van der Waals surface area contributed by atoms with Crippen molar-refractivity contribution in [1.29, 1.82) is 0 Å². The fourth-order valence-corrected chi connectivity index (χ4v) is 1.84. The first-order valence-corrected chi connectivity index (χ1v) is 6.36. The van der Waals surface area contributed by atoms with Gasteiger partial charge in [0.05, 0.1) is 0 Å². The van der Waals surface area contributed by atoms with Crippen LogP contribution >= 0.6 is 0 Å². The third-order valence-corrected chi connectivity index (χ3v) is 3.06. The Morgan fingerprint density at radius 3 is 2.47 bits per heavy atom. The van der Waals surface area contributed by atoms with Crippen LogP contribution in [0.4, 0.5) is 4.39 Å². The Morgan fingerprint density at radius 2 is 1.89 bits per heavy atom. The van der Waals surface area contributed by atoms with Gasteiger partial charge in [0.25, 0.3) is 0 Å². The minimum absolute atomic E-state index is 0.249. The first-order valence-electron chi connectivity index (χ1n) is 6.36. The molecule has 0 aliphatic heterocycles. The summed E-state index contributed by atoms with van der Waals surface area (Å²) in [5.74, 6) is 1.64. The monoisotopic (exact) mass is 259 g/mol. The topological polar surface area (TPSA) is 39.2 Å². The number of halogens is 1. The molecule has 0 amide bonds. The highest BCUT2D eigenvalue weighted by Gasteiger charge is 2.06. The predicted octanol–water partition coefficient (Wildman–Crippen LogP) is 4.08. The molecule has 2 aromatic rings. The molecule has 2 rings (SSSR count). The lowest BCUT2D eigenvalue weighted by Crippen LogP contribution is -2.07. The van der Waals surface area contributed by atoms with Crippen molar-refractivity contribution in [2.45, 2.75) is 13.8 Å². The maximum Gasteiger partial charge on any atom is 0.134 e. The van der Waals surface area contributed by atoms with Crippen LogP contribution in [-0.2, 0) is 0 Å². The van der Waals surface area contributed by atoms with Crippen molar-refractivity contribution in [3.8, 4) is 11.3 Å². The lowest BCUT2D eigenvalue weighted by atomic mass is 10.0. The number of hydrogen-bond acceptors (Lipinski definition) is 2. The summed E-state index contributed by atoms with van der Waals surface area (Å²) in [5.41, 5.74) is 7.70. The second-order valence-corrected chi connectivity index (χ2v) is 4.79. The molecule has 0 radical (unpaired) electrons. The van der Waals surface area contributed by atoms with Crippen molar-refractivity contribution in [3.05, 3.63) is 53.5 Å². The molecule has 2 N–H and O–H groups in total. The van der Waals surface area contributed by atoms with E-state index in [9.17, 15) is 4.39 Å². The molecule has 100 valence electrons. The maximum atomic E-state index is 12.9. The van der Waals surface area contributed by atoms with Crippen molar-refractivity contribution in [2.24, 2.45) is 11.7 Å². The smallest absolute Gasteiger partial charge is 0.134 e. The highest BCUT2D eigenvalue weighted by molar-refractivity contribution is 5.60. The molecule has 0 fully saturated rings. The van der Waals surface area contributed by atoms with E-state index in [1.807, 2.05) is 18.2 Å². The number of nitrogens with two attached hydrogens (primary N) is 1. The quantitative estimate of drug-likeness (QED) is 0.898. The van der Waals surface area contributed by atoms with Crippen molar-refractivity contribution in [3.63, 3.8) is 0 Å². The van der Waals surface area contributed by atoms with Gasteiger partial charge in [-0.3, -0.25) is 0 Å². The molecule has 0 saturated carbocycles. The van der Waals surface area contributed by atoms with Crippen molar-refractivity contribution in [2.75, 3.05) is 6.54 Å². The number of hydrogen-bond donors (Lipinski definition) is 1. The molecule has 0 spiro atoms. The Balaban J connectivity index is 2.26. The average Bonchev–Trinajstić information content (AvgIpc) is 2.85. The summed E-state index contributed by atoms with van der Waals surface area (Å²) in [7, 11) is 0. The molecule has 2 nitrogen and oxygen atoms in total. The molecule has 1 heterocycles. The van der Waals surface area contributed by atoms with Gasteiger partial charge < -0.3 is 10.2 Å². The molecule has 3 heteroatoms. The zero-order chi connectivity index (χ0) is 13.8. The highest BCUT2D eigenvalue weighted by Crippen LogP contribution is 2.24. The molecule has 19 heavy (non-hydrogen) atoms.